The summed E-state index contributed by atoms with van der Waals surface area (Å²) in [5.41, 5.74) is 6.22. The lowest BCUT2D eigenvalue weighted by atomic mass is 9.93. The number of piperazine rings is 1. The summed E-state index contributed by atoms with van der Waals surface area (Å²) >= 11 is 0. The number of amides is 2. The van der Waals surface area contributed by atoms with Crippen LogP contribution < -0.4 is 10.6 Å². The first-order valence-electron chi connectivity index (χ1n) is 13.0. The molecule has 4 rings (SSSR count). The van der Waals surface area contributed by atoms with Gasteiger partial charge in [-0.3, -0.25) is 9.59 Å². The molecule has 2 amide bonds. The molecule has 1 fully saturated rings. The second-order valence-corrected chi connectivity index (χ2v) is 9.41. The van der Waals surface area contributed by atoms with Crippen LogP contribution in [0.2, 0.25) is 0 Å². The second kappa shape index (κ2) is 14.8. The van der Waals surface area contributed by atoms with Gasteiger partial charge in [0.05, 0.1) is 0 Å². The van der Waals surface area contributed by atoms with E-state index in [2.05, 4.69) is 53.1 Å². The molecule has 0 aromatic heterocycles. The predicted octanol–water partition coefficient (Wildman–Crippen LogP) is 4.02. The fraction of sp³-hybridized carbons (Fsp3) is 0.355. The lowest BCUT2D eigenvalue weighted by molar-refractivity contribution is -0.131. The summed E-state index contributed by atoms with van der Waals surface area (Å²) in [6, 6.07) is 23.9. The third-order valence-electron chi connectivity index (χ3n) is 6.50. The molecule has 3 N–H and O–H groups in total. The summed E-state index contributed by atoms with van der Waals surface area (Å²) in [7, 11) is 0. The van der Waals surface area contributed by atoms with Crippen LogP contribution in [0.5, 0.6) is 5.75 Å². The van der Waals surface area contributed by atoms with Crippen molar-refractivity contribution in [2.45, 2.75) is 39.5 Å². The Hall–Kier alpha value is -3.64. The molecule has 0 atom stereocenters. The molecule has 0 unspecified atom stereocenters. The van der Waals surface area contributed by atoms with Gasteiger partial charge in [-0.2, -0.15) is 0 Å². The van der Waals surface area contributed by atoms with E-state index in [9.17, 15) is 9.59 Å². The number of aryl methyl sites for hydroxylation is 2. The zero-order valence-electron chi connectivity index (χ0n) is 22.0. The molecule has 1 aliphatic rings. The number of phenolic OH excluding ortho intramolecular Hbond substituents is 1. The normalized spacial score (nSPS) is 12.9. The monoisotopic (exact) mass is 501 g/mol. The maximum absolute atomic E-state index is 12.5. The van der Waals surface area contributed by atoms with E-state index in [1.807, 2.05) is 30.0 Å². The Bertz CT molecular complexity index is 1120. The van der Waals surface area contributed by atoms with Gasteiger partial charge in [0.15, 0.2) is 0 Å². The quantitative estimate of drug-likeness (QED) is 0.436. The third kappa shape index (κ3) is 9.73. The number of carbonyl (C=O) groups excluding carboxylic acids is 2. The topological polar surface area (TPSA) is 81.7 Å². The lowest BCUT2D eigenvalue weighted by Crippen LogP contribution is -2.46. The Labute approximate surface area is 220 Å². The van der Waals surface area contributed by atoms with Crippen LogP contribution in [0.4, 0.5) is 0 Å². The third-order valence-corrected chi connectivity index (χ3v) is 6.50. The van der Waals surface area contributed by atoms with Gasteiger partial charge in [0.25, 0.3) is 0 Å². The van der Waals surface area contributed by atoms with E-state index >= 15 is 0 Å². The number of carbonyl (C=O) groups is 2. The Kier molecular flexibility index (Phi) is 11.2. The van der Waals surface area contributed by atoms with Gasteiger partial charge in [0.2, 0.25) is 11.8 Å². The highest BCUT2D eigenvalue weighted by Crippen LogP contribution is 2.19. The summed E-state index contributed by atoms with van der Waals surface area (Å²) in [6.45, 7) is 7.57. The maximum atomic E-state index is 12.5. The molecule has 3 aromatic carbocycles. The second-order valence-electron chi connectivity index (χ2n) is 9.41. The number of aromatic hydroxyl groups is 1. The largest absolute Gasteiger partial charge is 0.508 e. The molecule has 1 aliphatic heterocycles. The van der Waals surface area contributed by atoms with Crippen molar-refractivity contribution in [2.75, 3.05) is 32.7 Å². The van der Waals surface area contributed by atoms with Crippen molar-refractivity contribution in [1.82, 2.24) is 15.5 Å². The number of nitrogens with one attached hydrogen (secondary N) is 2. The molecular formula is C31H39N3O3. The summed E-state index contributed by atoms with van der Waals surface area (Å²) < 4.78 is 0. The first-order chi connectivity index (χ1) is 17.9. The minimum atomic E-state index is 0.00183. The molecule has 0 aliphatic carbocycles. The molecular weight excluding hydrogens is 462 g/mol. The van der Waals surface area contributed by atoms with Crippen LogP contribution in [-0.2, 0) is 28.9 Å². The molecule has 0 saturated carbocycles. The zero-order valence-corrected chi connectivity index (χ0v) is 22.0. The summed E-state index contributed by atoms with van der Waals surface area (Å²) in [5.74, 6) is 0.578. The lowest BCUT2D eigenvalue weighted by Gasteiger charge is -2.27. The van der Waals surface area contributed by atoms with Crippen molar-refractivity contribution in [3.63, 3.8) is 0 Å². The van der Waals surface area contributed by atoms with Crippen molar-refractivity contribution in [3.8, 4) is 5.75 Å². The molecule has 0 bridgehead atoms. The first-order valence-corrected chi connectivity index (χ1v) is 13.0. The molecule has 196 valence electrons. The van der Waals surface area contributed by atoms with Gasteiger partial charge in [-0.15, -0.1) is 0 Å². The number of phenols is 1. The number of hydrogen-bond donors (Lipinski definition) is 3. The molecule has 3 aromatic rings. The van der Waals surface area contributed by atoms with E-state index < -0.39 is 0 Å². The van der Waals surface area contributed by atoms with Gasteiger partial charge in [-0.25, -0.2) is 0 Å². The fourth-order valence-electron chi connectivity index (χ4n) is 4.38. The average molecular weight is 502 g/mol. The van der Waals surface area contributed by atoms with E-state index in [0.717, 1.165) is 45.4 Å². The fourth-order valence-corrected chi connectivity index (χ4v) is 4.38. The number of nitrogens with zero attached hydrogens (tertiary/aromatic N) is 1. The molecule has 37 heavy (non-hydrogen) atoms. The van der Waals surface area contributed by atoms with Crippen LogP contribution in [0.25, 0.3) is 0 Å². The predicted molar refractivity (Wildman–Crippen MR) is 149 cm³/mol. The summed E-state index contributed by atoms with van der Waals surface area (Å²) in [6.07, 6.45) is 2.99. The molecule has 1 heterocycles. The molecule has 6 heteroatoms. The molecule has 0 spiro atoms. The van der Waals surface area contributed by atoms with Crippen LogP contribution in [-0.4, -0.2) is 54.5 Å². The molecule has 1 saturated heterocycles. The minimum Gasteiger partial charge on any atom is -0.508 e. The Balaban J connectivity index is 0.000000405. The Morgan fingerprint density at radius 1 is 0.838 bits per heavy atom. The van der Waals surface area contributed by atoms with Gasteiger partial charge < -0.3 is 20.6 Å². The van der Waals surface area contributed by atoms with Crippen molar-refractivity contribution in [1.29, 1.82) is 0 Å². The zero-order chi connectivity index (χ0) is 26.5. The molecule has 6 nitrogen and oxygen atoms in total. The highest BCUT2D eigenvalue weighted by atomic mass is 16.3. The van der Waals surface area contributed by atoms with Crippen molar-refractivity contribution < 1.29 is 14.7 Å². The van der Waals surface area contributed by atoms with E-state index in [1.165, 1.54) is 27.8 Å². The summed E-state index contributed by atoms with van der Waals surface area (Å²) in [5, 5.41) is 14.9. The summed E-state index contributed by atoms with van der Waals surface area (Å²) in [4.78, 5) is 25.7. The Morgan fingerprint density at radius 3 is 1.92 bits per heavy atom. The number of rotatable bonds is 8. The van der Waals surface area contributed by atoms with Crippen LogP contribution >= 0.6 is 0 Å². The van der Waals surface area contributed by atoms with Crippen LogP contribution in [0.3, 0.4) is 0 Å². The van der Waals surface area contributed by atoms with E-state index in [0.29, 0.717) is 18.7 Å². The van der Waals surface area contributed by atoms with E-state index in [-0.39, 0.29) is 11.8 Å². The number of benzene rings is 3. The van der Waals surface area contributed by atoms with E-state index in [1.54, 1.807) is 19.1 Å². The molecule has 0 radical (unpaired) electrons. The number of hydrogen-bond acceptors (Lipinski definition) is 4. The highest BCUT2D eigenvalue weighted by molar-refractivity contribution is 5.76. The van der Waals surface area contributed by atoms with Gasteiger partial charge in [-0.05, 0) is 60.6 Å². The van der Waals surface area contributed by atoms with E-state index in [4.69, 9.17) is 5.11 Å². The maximum Gasteiger partial charge on any atom is 0.222 e. The van der Waals surface area contributed by atoms with Crippen molar-refractivity contribution in [3.05, 3.63) is 101 Å². The van der Waals surface area contributed by atoms with Gasteiger partial charge in [0.1, 0.15) is 5.75 Å². The van der Waals surface area contributed by atoms with Gasteiger partial charge in [0, 0.05) is 46.1 Å². The van der Waals surface area contributed by atoms with Crippen LogP contribution in [0.1, 0.15) is 41.2 Å². The standard InChI is InChI=1S/C24H31N3O2.C7H8O/c1-19(28)26-13-12-21-7-3-5-9-23(21)18-22-8-4-2-6-20(22)10-11-24(29)27-16-14-25-15-17-27;1-6-2-4-7(8)5-3-6/h2-9,25H,10-18H2,1H3,(H,26,28);2-5,8H,1H3. The average Bonchev–Trinajstić information content (AvgIpc) is 2.91. The van der Waals surface area contributed by atoms with Gasteiger partial charge in [-0.1, -0.05) is 66.2 Å². The van der Waals surface area contributed by atoms with Crippen LogP contribution in [0.15, 0.2) is 72.8 Å². The Morgan fingerprint density at radius 2 is 1.38 bits per heavy atom. The van der Waals surface area contributed by atoms with Gasteiger partial charge >= 0.3 is 0 Å². The van der Waals surface area contributed by atoms with Crippen LogP contribution in [0, 0.1) is 6.92 Å². The van der Waals surface area contributed by atoms with Crippen molar-refractivity contribution >= 4 is 11.8 Å². The van der Waals surface area contributed by atoms with Crippen molar-refractivity contribution in [2.24, 2.45) is 0 Å². The SMILES string of the molecule is CC(=O)NCCc1ccccc1Cc1ccccc1CCC(=O)N1CCNCC1.Cc1ccc(O)cc1. The minimum absolute atomic E-state index is 0.00183. The first kappa shape index (κ1) is 27.9. The smallest absolute Gasteiger partial charge is 0.222 e. The highest BCUT2D eigenvalue weighted by Gasteiger charge is 2.16.